The molecule has 0 aliphatic heterocycles. The standard InChI is InChI=1S/C10H14N2O2S/c11-10-4-2-1-3-8(10)7-12-15(13,14)9-5-6-9/h1-4,9,12H,5-7,11H2. The minimum absolute atomic E-state index is 0.178. The quantitative estimate of drug-likeness (QED) is 0.748. The first kappa shape index (κ1) is 10.4. The smallest absolute Gasteiger partial charge is 0.214 e. The lowest BCUT2D eigenvalue weighted by molar-refractivity contribution is 0.580. The van der Waals surface area contributed by atoms with Crippen LogP contribution in [0.5, 0.6) is 0 Å². The van der Waals surface area contributed by atoms with Crippen LogP contribution in [0.4, 0.5) is 5.69 Å². The number of hydrogen-bond acceptors (Lipinski definition) is 3. The minimum Gasteiger partial charge on any atom is -0.398 e. The Hall–Kier alpha value is -1.07. The molecule has 1 aliphatic rings. The molecule has 5 heteroatoms. The van der Waals surface area contributed by atoms with Gasteiger partial charge in [0.25, 0.3) is 0 Å². The summed E-state index contributed by atoms with van der Waals surface area (Å²) < 4.78 is 25.6. The number of anilines is 1. The molecule has 1 saturated carbocycles. The average Bonchev–Trinajstić information content (AvgIpc) is 3.00. The molecule has 0 radical (unpaired) electrons. The molecule has 0 bridgehead atoms. The van der Waals surface area contributed by atoms with Crippen molar-refractivity contribution in [2.45, 2.75) is 24.6 Å². The third-order valence-corrected chi connectivity index (χ3v) is 4.38. The number of nitrogen functional groups attached to an aromatic ring is 1. The maximum atomic E-state index is 11.5. The molecule has 3 N–H and O–H groups in total. The second-order valence-electron chi connectivity index (χ2n) is 3.76. The maximum Gasteiger partial charge on any atom is 0.214 e. The van der Waals surface area contributed by atoms with Crippen LogP contribution in [0, 0.1) is 0 Å². The fourth-order valence-electron chi connectivity index (χ4n) is 1.37. The summed E-state index contributed by atoms with van der Waals surface area (Å²) in [4.78, 5) is 0. The van der Waals surface area contributed by atoms with Crippen molar-refractivity contribution in [3.8, 4) is 0 Å². The molecule has 0 atom stereocenters. The molecule has 82 valence electrons. The van der Waals surface area contributed by atoms with Crippen molar-refractivity contribution in [2.24, 2.45) is 0 Å². The van der Waals surface area contributed by atoms with Gasteiger partial charge in [-0.3, -0.25) is 0 Å². The first-order chi connectivity index (χ1) is 7.09. The van der Waals surface area contributed by atoms with Crippen LogP contribution in [0.2, 0.25) is 0 Å². The summed E-state index contributed by atoms with van der Waals surface area (Å²) in [7, 11) is -3.11. The van der Waals surface area contributed by atoms with Crippen LogP contribution in [0.3, 0.4) is 0 Å². The predicted octanol–water partition coefficient (Wildman–Crippen LogP) is 0.851. The van der Waals surface area contributed by atoms with Gasteiger partial charge in [-0.1, -0.05) is 18.2 Å². The summed E-state index contributed by atoms with van der Waals surface area (Å²) in [6, 6.07) is 7.26. The zero-order chi connectivity index (χ0) is 10.9. The Morgan fingerprint density at radius 2 is 2.00 bits per heavy atom. The number of rotatable bonds is 4. The Balaban J connectivity index is 2.02. The van der Waals surface area contributed by atoms with Gasteiger partial charge in [0.2, 0.25) is 10.0 Å². The van der Waals surface area contributed by atoms with Crippen molar-refractivity contribution < 1.29 is 8.42 Å². The molecule has 0 unspecified atom stereocenters. The summed E-state index contributed by atoms with van der Waals surface area (Å²) in [5.74, 6) is 0. The molecule has 0 spiro atoms. The monoisotopic (exact) mass is 226 g/mol. The summed E-state index contributed by atoms with van der Waals surface area (Å²) in [5.41, 5.74) is 7.15. The largest absolute Gasteiger partial charge is 0.398 e. The molecule has 0 heterocycles. The van der Waals surface area contributed by atoms with Gasteiger partial charge in [0, 0.05) is 12.2 Å². The van der Waals surface area contributed by atoms with E-state index in [1.807, 2.05) is 18.2 Å². The molecule has 2 rings (SSSR count). The summed E-state index contributed by atoms with van der Waals surface area (Å²) in [6.45, 7) is 0.283. The van der Waals surface area contributed by atoms with Gasteiger partial charge >= 0.3 is 0 Å². The van der Waals surface area contributed by atoms with Crippen molar-refractivity contribution in [1.29, 1.82) is 0 Å². The Morgan fingerprint density at radius 3 is 2.60 bits per heavy atom. The molecule has 1 aliphatic carbocycles. The van der Waals surface area contributed by atoms with Crippen molar-refractivity contribution in [2.75, 3.05) is 5.73 Å². The van der Waals surface area contributed by atoms with E-state index in [1.165, 1.54) is 0 Å². The van der Waals surface area contributed by atoms with Gasteiger partial charge in [0.15, 0.2) is 0 Å². The minimum atomic E-state index is -3.11. The van der Waals surface area contributed by atoms with E-state index in [0.29, 0.717) is 5.69 Å². The summed E-state index contributed by atoms with van der Waals surface area (Å²) in [5, 5.41) is -0.178. The van der Waals surface area contributed by atoms with E-state index in [1.54, 1.807) is 6.07 Å². The first-order valence-corrected chi connectivity index (χ1v) is 6.46. The Bertz CT molecular complexity index is 452. The number of sulfonamides is 1. The lowest BCUT2D eigenvalue weighted by atomic mass is 10.2. The van der Waals surface area contributed by atoms with Crippen LogP contribution < -0.4 is 10.5 Å². The van der Waals surface area contributed by atoms with Crippen LogP contribution in [-0.2, 0) is 16.6 Å². The van der Waals surface area contributed by atoms with Crippen molar-refractivity contribution >= 4 is 15.7 Å². The first-order valence-electron chi connectivity index (χ1n) is 4.91. The van der Waals surface area contributed by atoms with Gasteiger partial charge < -0.3 is 5.73 Å². The molecule has 0 amide bonds. The Labute approximate surface area is 89.5 Å². The summed E-state index contributed by atoms with van der Waals surface area (Å²) in [6.07, 6.45) is 1.55. The van der Waals surface area contributed by atoms with Gasteiger partial charge in [-0.25, -0.2) is 13.1 Å². The molecule has 1 aromatic rings. The molecule has 15 heavy (non-hydrogen) atoms. The highest BCUT2D eigenvalue weighted by molar-refractivity contribution is 7.90. The van der Waals surface area contributed by atoms with Gasteiger partial charge in [0.1, 0.15) is 0 Å². The highest BCUT2D eigenvalue weighted by Gasteiger charge is 2.35. The SMILES string of the molecule is Nc1ccccc1CNS(=O)(=O)C1CC1. The third kappa shape index (κ3) is 2.49. The number of nitrogens with two attached hydrogens (primary N) is 1. The van der Waals surface area contributed by atoms with Crippen LogP contribution in [0.1, 0.15) is 18.4 Å². The van der Waals surface area contributed by atoms with E-state index in [0.717, 1.165) is 18.4 Å². The predicted molar refractivity (Wildman–Crippen MR) is 59.6 cm³/mol. The van der Waals surface area contributed by atoms with E-state index in [4.69, 9.17) is 5.73 Å². The van der Waals surface area contributed by atoms with E-state index in [-0.39, 0.29) is 11.8 Å². The number of benzene rings is 1. The zero-order valence-electron chi connectivity index (χ0n) is 8.31. The van der Waals surface area contributed by atoms with Crippen molar-refractivity contribution in [3.63, 3.8) is 0 Å². The third-order valence-electron chi connectivity index (χ3n) is 2.48. The molecular formula is C10H14N2O2S. The molecular weight excluding hydrogens is 212 g/mol. The molecule has 0 aromatic heterocycles. The molecule has 1 fully saturated rings. The highest BCUT2D eigenvalue weighted by atomic mass is 32.2. The Morgan fingerprint density at radius 1 is 1.33 bits per heavy atom. The fourth-order valence-corrected chi connectivity index (χ4v) is 2.72. The van der Waals surface area contributed by atoms with Crippen molar-refractivity contribution in [3.05, 3.63) is 29.8 Å². The van der Waals surface area contributed by atoms with Crippen LogP contribution >= 0.6 is 0 Å². The van der Waals surface area contributed by atoms with E-state index < -0.39 is 10.0 Å². The fraction of sp³-hybridized carbons (Fsp3) is 0.400. The topological polar surface area (TPSA) is 72.2 Å². The van der Waals surface area contributed by atoms with E-state index >= 15 is 0 Å². The van der Waals surface area contributed by atoms with E-state index in [9.17, 15) is 8.42 Å². The van der Waals surface area contributed by atoms with Gasteiger partial charge in [0.05, 0.1) is 5.25 Å². The lowest BCUT2D eigenvalue weighted by Crippen LogP contribution is -2.27. The second kappa shape index (κ2) is 3.83. The maximum absolute atomic E-state index is 11.5. The zero-order valence-corrected chi connectivity index (χ0v) is 9.13. The van der Waals surface area contributed by atoms with Gasteiger partial charge in [-0.15, -0.1) is 0 Å². The normalized spacial score (nSPS) is 16.5. The Kier molecular flexibility index (Phi) is 2.67. The van der Waals surface area contributed by atoms with Gasteiger partial charge in [-0.05, 0) is 24.5 Å². The number of para-hydroxylation sites is 1. The molecule has 1 aromatic carbocycles. The average molecular weight is 226 g/mol. The lowest BCUT2D eigenvalue weighted by Gasteiger charge is -2.07. The second-order valence-corrected chi connectivity index (χ2v) is 5.81. The van der Waals surface area contributed by atoms with Crippen LogP contribution in [0.25, 0.3) is 0 Å². The van der Waals surface area contributed by atoms with E-state index in [2.05, 4.69) is 4.72 Å². The highest BCUT2D eigenvalue weighted by Crippen LogP contribution is 2.27. The van der Waals surface area contributed by atoms with Crippen molar-refractivity contribution in [1.82, 2.24) is 4.72 Å². The number of nitrogens with one attached hydrogen (secondary N) is 1. The molecule has 0 saturated heterocycles. The molecule has 4 nitrogen and oxygen atoms in total. The van der Waals surface area contributed by atoms with Crippen LogP contribution in [-0.4, -0.2) is 13.7 Å². The van der Waals surface area contributed by atoms with Crippen LogP contribution in [0.15, 0.2) is 24.3 Å². The number of hydrogen-bond donors (Lipinski definition) is 2. The summed E-state index contributed by atoms with van der Waals surface area (Å²) >= 11 is 0. The van der Waals surface area contributed by atoms with Gasteiger partial charge in [-0.2, -0.15) is 0 Å².